The predicted octanol–water partition coefficient (Wildman–Crippen LogP) is 5.99. The molecule has 1 aromatic carbocycles. The second-order valence-corrected chi connectivity index (χ2v) is 7.87. The Hall–Kier alpha value is -1.31. The largest absolute Gasteiger partial charge is 0.310 e. The normalized spacial score (nSPS) is 13.0. The molecule has 23 heavy (non-hydrogen) atoms. The summed E-state index contributed by atoms with van der Waals surface area (Å²) in [6.07, 6.45) is 6.29. The maximum Gasteiger partial charge on any atom is 0.227 e. The van der Waals surface area contributed by atoms with Gasteiger partial charge in [0.2, 0.25) is 5.91 Å². The van der Waals surface area contributed by atoms with Crippen LogP contribution in [0.25, 0.3) is 0 Å². The Morgan fingerprint density at radius 1 is 1.17 bits per heavy atom. The van der Waals surface area contributed by atoms with E-state index in [4.69, 9.17) is 0 Å². The van der Waals surface area contributed by atoms with Crippen molar-refractivity contribution in [2.75, 3.05) is 4.90 Å². The molecule has 0 spiro atoms. The van der Waals surface area contributed by atoms with Crippen molar-refractivity contribution in [1.29, 1.82) is 0 Å². The monoisotopic (exact) mass is 317 g/mol. The van der Waals surface area contributed by atoms with Gasteiger partial charge in [0, 0.05) is 18.2 Å². The third-order valence-electron chi connectivity index (χ3n) is 4.21. The topological polar surface area (TPSA) is 20.3 Å². The summed E-state index contributed by atoms with van der Waals surface area (Å²) < 4.78 is 0. The molecule has 1 aromatic rings. The Bertz CT molecular complexity index is 487. The van der Waals surface area contributed by atoms with E-state index in [9.17, 15) is 4.79 Å². The van der Waals surface area contributed by atoms with Crippen LogP contribution in [-0.2, 0) is 11.2 Å². The highest BCUT2D eigenvalue weighted by Crippen LogP contribution is 2.27. The van der Waals surface area contributed by atoms with Crippen LogP contribution in [0, 0.1) is 5.41 Å². The molecule has 0 radical (unpaired) electrons. The number of benzene rings is 1. The van der Waals surface area contributed by atoms with Gasteiger partial charge >= 0.3 is 0 Å². The molecular weight excluding hydrogens is 282 g/mol. The highest BCUT2D eigenvalue weighted by molar-refractivity contribution is 5.94. The van der Waals surface area contributed by atoms with E-state index in [-0.39, 0.29) is 17.4 Å². The first-order chi connectivity index (χ1) is 10.8. The van der Waals surface area contributed by atoms with E-state index in [0.29, 0.717) is 6.42 Å². The standard InChI is InChI=1S/C21H35NO/c1-7-9-10-12-17(3)22(20(23)16-21(4,5)6)19-14-11-13-18(8-2)15-19/h11,13-15,17H,7-10,12,16H2,1-6H3. The van der Waals surface area contributed by atoms with Crippen LogP contribution in [0.5, 0.6) is 0 Å². The summed E-state index contributed by atoms with van der Waals surface area (Å²) in [5, 5.41) is 0. The second kappa shape index (κ2) is 9.10. The number of carbonyl (C=O) groups is 1. The average molecular weight is 318 g/mol. The molecule has 0 saturated heterocycles. The smallest absolute Gasteiger partial charge is 0.227 e. The lowest BCUT2D eigenvalue weighted by Crippen LogP contribution is -2.40. The lowest BCUT2D eigenvalue weighted by molar-refractivity contribution is -0.120. The minimum absolute atomic E-state index is 0.0147. The molecule has 0 saturated carbocycles. The summed E-state index contributed by atoms with van der Waals surface area (Å²) in [6, 6.07) is 8.72. The first kappa shape index (κ1) is 19.7. The predicted molar refractivity (Wildman–Crippen MR) is 101 cm³/mol. The number of amides is 1. The van der Waals surface area contributed by atoms with E-state index in [0.717, 1.165) is 18.5 Å². The molecule has 2 heteroatoms. The van der Waals surface area contributed by atoms with Gasteiger partial charge in [-0.1, -0.05) is 66.0 Å². The van der Waals surface area contributed by atoms with Crippen LogP contribution in [0.1, 0.15) is 79.2 Å². The van der Waals surface area contributed by atoms with Gasteiger partial charge < -0.3 is 4.90 Å². The van der Waals surface area contributed by atoms with Crippen molar-refractivity contribution in [1.82, 2.24) is 0 Å². The Kier molecular flexibility index (Phi) is 7.81. The van der Waals surface area contributed by atoms with Gasteiger partial charge in [-0.3, -0.25) is 4.79 Å². The van der Waals surface area contributed by atoms with Gasteiger partial charge in [0.25, 0.3) is 0 Å². The van der Waals surface area contributed by atoms with Crippen LogP contribution in [0.2, 0.25) is 0 Å². The van der Waals surface area contributed by atoms with Crippen molar-refractivity contribution < 1.29 is 4.79 Å². The van der Waals surface area contributed by atoms with Crippen LogP contribution >= 0.6 is 0 Å². The summed E-state index contributed by atoms with van der Waals surface area (Å²) in [5.74, 6) is 0.245. The molecule has 0 aliphatic heterocycles. The molecule has 0 aliphatic carbocycles. The summed E-state index contributed by atoms with van der Waals surface area (Å²) in [5.41, 5.74) is 2.36. The van der Waals surface area contributed by atoms with Gasteiger partial charge in [-0.2, -0.15) is 0 Å². The van der Waals surface area contributed by atoms with Crippen LogP contribution < -0.4 is 4.90 Å². The summed E-state index contributed by atoms with van der Waals surface area (Å²) in [7, 11) is 0. The van der Waals surface area contributed by atoms with Crippen LogP contribution in [0.4, 0.5) is 5.69 Å². The molecule has 1 amide bonds. The first-order valence-corrected chi connectivity index (χ1v) is 9.19. The third kappa shape index (κ3) is 6.76. The van der Waals surface area contributed by atoms with Crippen molar-refractivity contribution in [3.8, 4) is 0 Å². The number of aryl methyl sites for hydroxylation is 1. The van der Waals surface area contributed by atoms with E-state index >= 15 is 0 Å². The second-order valence-electron chi connectivity index (χ2n) is 7.87. The SMILES string of the molecule is CCCCCC(C)N(C(=O)CC(C)(C)C)c1cccc(CC)c1. The van der Waals surface area contributed by atoms with E-state index in [1.807, 2.05) is 4.90 Å². The fourth-order valence-corrected chi connectivity index (χ4v) is 2.93. The number of hydrogen-bond acceptors (Lipinski definition) is 1. The molecule has 1 rings (SSSR count). The maximum absolute atomic E-state index is 13.0. The zero-order valence-electron chi connectivity index (χ0n) is 16.0. The van der Waals surface area contributed by atoms with Gasteiger partial charge in [-0.05, 0) is 42.9 Å². The Morgan fingerprint density at radius 2 is 1.87 bits per heavy atom. The van der Waals surface area contributed by atoms with Crippen molar-refractivity contribution in [3.63, 3.8) is 0 Å². The Balaban J connectivity index is 3.01. The average Bonchev–Trinajstić information content (AvgIpc) is 2.46. The number of nitrogens with zero attached hydrogens (tertiary/aromatic N) is 1. The molecule has 0 heterocycles. The highest BCUT2D eigenvalue weighted by Gasteiger charge is 2.26. The van der Waals surface area contributed by atoms with E-state index in [1.54, 1.807) is 0 Å². The molecular formula is C21H35NO. The van der Waals surface area contributed by atoms with E-state index in [2.05, 4.69) is 65.8 Å². The van der Waals surface area contributed by atoms with Crippen molar-refractivity contribution in [3.05, 3.63) is 29.8 Å². The number of anilines is 1. The molecule has 0 N–H and O–H groups in total. The molecule has 0 bridgehead atoms. The van der Waals surface area contributed by atoms with Gasteiger partial charge in [0.05, 0.1) is 0 Å². The number of hydrogen-bond donors (Lipinski definition) is 0. The molecule has 0 fully saturated rings. The fourth-order valence-electron chi connectivity index (χ4n) is 2.93. The minimum atomic E-state index is 0.0147. The number of carbonyl (C=O) groups excluding carboxylic acids is 1. The van der Waals surface area contributed by atoms with E-state index in [1.165, 1.54) is 24.8 Å². The van der Waals surface area contributed by atoms with Gasteiger partial charge in [0.1, 0.15) is 0 Å². The van der Waals surface area contributed by atoms with Crippen LogP contribution in [-0.4, -0.2) is 11.9 Å². The van der Waals surface area contributed by atoms with Crippen molar-refractivity contribution in [2.45, 2.75) is 86.1 Å². The fraction of sp³-hybridized carbons (Fsp3) is 0.667. The highest BCUT2D eigenvalue weighted by atomic mass is 16.2. The first-order valence-electron chi connectivity index (χ1n) is 9.19. The molecule has 1 unspecified atom stereocenters. The Morgan fingerprint density at radius 3 is 2.43 bits per heavy atom. The summed E-state index contributed by atoms with van der Waals surface area (Å²) in [4.78, 5) is 15.0. The quantitative estimate of drug-likeness (QED) is 0.539. The summed E-state index contributed by atoms with van der Waals surface area (Å²) in [6.45, 7) is 13.0. The Labute approximate surface area is 143 Å². The van der Waals surface area contributed by atoms with Crippen molar-refractivity contribution >= 4 is 11.6 Å². The molecule has 1 atom stereocenters. The molecule has 2 nitrogen and oxygen atoms in total. The molecule has 0 aliphatic rings. The van der Waals surface area contributed by atoms with E-state index < -0.39 is 0 Å². The van der Waals surface area contributed by atoms with Gasteiger partial charge in [-0.15, -0.1) is 0 Å². The van der Waals surface area contributed by atoms with Crippen molar-refractivity contribution in [2.24, 2.45) is 5.41 Å². The van der Waals surface area contributed by atoms with Gasteiger partial charge in [0.15, 0.2) is 0 Å². The van der Waals surface area contributed by atoms with Gasteiger partial charge in [-0.25, -0.2) is 0 Å². The zero-order valence-corrected chi connectivity index (χ0v) is 16.0. The number of rotatable bonds is 8. The van der Waals surface area contributed by atoms with Crippen LogP contribution in [0.15, 0.2) is 24.3 Å². The lowest BCUT2D eigenvalue weighted by Gasteiger charge is -2.32. The molecule has 130 valence electrons. The maximum atomic E-state index is 13.0. The zero-order chi connectivity index (χ0) is 17.5. The number of unbranched alkanes of at least 4 members (excludes halogenated alkanes) is 2. The minimum Gasteiger partial charge on any atom is -0.310 e. The third-order valence-corrected chi connectivity index (χ3v) is 4.21. The molecule has 0 aromatic heterocycles. The summed E-state index contributed by atoms with van der Waals surface area (Å²) >= 11 is 0. The lowest BCUT2D eigenvalue weighted by atomic mass is 9.91. The van der Waals surface area contributed by atoms with Crippen LogP contribution in [0.3, 0.4) is 0 Å².